The van der Waals surface area contributed by atoms with E-state index >= 15 is 0 Å². The Morgan fingerprint density at radius 3 is 2.56 bits per heavy atom. The van der Waals surface area contributed by atoms with E-state index in [9.17, 15) is 10.1 Å². The molecule has 1 aromatic rings. The highest BCUT2D eigenvalue weighted by atomic mass is 16.6. The summed E-state index contributed by atoms with van der Waals surface area (Å²) in [5.74, 6) is 1.48. The Morgan fingerprint density at radius 2 is 2.06 bits per heavy atom. The molecule has 0 radical (unpaired) electrons. The molecule has 0 bridgehead atoms. The average Bonchev–Trinajstić information content (AvgIpc) is 2.35. The zero-order chi connectivity index (χ0) is 13.7. The van der Waals surface area contributed by atoms with Crippen LogP contribution >= 0.6 is 0 Å². The van der Waals surface area contributed by atoms with E-state index in [-0.39, 0.29) is 5.69 Å². The Balaban J connectivity index is 2.85. The van der Waals surface area contributed by atoms with E-state index in [2.05, 4.69) is 26.1 Å². The molecule has 0 aliphatic rings. The van der Waals surface area contributed by atoms with Gasteiger partial charge in [-0.1, -0.05) is 20.8 Å². The van der Waals surface area contributed by atoms with Crippen LogP contribution in [0.15, 0.2) is 18.2 Å². The summed E-state index contributed by atoms with van der Waals surface area (Å²) in [6, 6.07) is 4.84. The molecule has 1 N–H and O–H groups in total. The molecule has 5 heteroatoms. The van der Waals surface area contributed by atoms with Gasteiger partial charge in [0.05, 0.1) is 18.1 Å². The number of anilines is 1. The van der Waals surface area contributed by atoms with Crippen LogP contribution in [-0.2, 0) is 0 Å². The average molecular weight is 252 g/mol. The van der Waals surface area contributed by atoms with Gasteiger partial charge in [-0.25, -0.2) is 0 Å². The summed E-state index contributed by atoms with van der Waals surface area (Å²) in [5, 5.41) is 14.1. The van der Waals surface area contributed by atoms with Crippen LogP contribution in [-0.4, -0.2) is 18.6 Å². The molecule has 5 nitrogen and oxygen atoms in total. The van der Waals surface area contributed by atoms with Crippen LogP contribution in [0.2, 0.25) is 0 Å². The molecule has 1 rings (SSSR count). The first-order chi connectivity index (χ1) is 8.45. The zero-order valence-electron chi connectivity index (χ0n) is 11.3. The molecular formula is C13H20N2O3. The van der Waals surface area contributed by atoms with Crippen LogP contribution in [0.25, 0.3) is 0 Å². The quantitative estimate of drug-likeness (QED) is 0.623. The SMILES string of the molecule is COc1ccc(NCC(C)C(C)C)c([N+](=O)[O-])c1. The molecule has 0 amide bonds. The topological polar surface area (TPSA) is 64.4 Å². The van der Waals surface area contributed by atoms with Gasteiger partial charge in [0.25, 0.3) is 5.69 Å². The summed E-state index contributed by atoms with van der Waals surface area (Å²) in [4.78, 5) is 10.6. The summed E-state index contributed by atoms with van der Waals surface area (Å²) >= 11 is 0. The molecule has 0 heterocycles. The Kier molecular flexibility index (Phi) is 4.95. The van der Waals surface area contributed by atoms with Crippen LogP contribution < -0.4 is 10.1 Å². The van der Waals surface area contributed by atoms with Crippen LogP contribution in [0.4, 0.5) is 11.4 Å². The maximum atomic E-state index is 11.0. The molecule has 0 aromatic heterocycles. The van der Waals surface area contributed by atoms with Crippen molar-refractivity contribution in [2.75, 3.05) is 19.0 Å². The summed E-state index contributed by atoms with van der Waals surface area (Å²) < 4.78 is 4.99. The normalized spacial score (nSPS) is 12.3. The van der Waals surface area contributed by atoms with Crippen molar-refractivity contribution in [1.82, 2.24) is 0 Å². The second-order valence-electron chi connectivity index (χ2n) is 4.74. The molecule has 18 heavy (non-hydrogen) atoms. The third-order valence-electron chi connectivity index (χ3n) is 3.15. The molecule has 1 aromatic carbocycles. The number of hydrogen-bond acceptors (Lipinski definition) is 4. The van der Waals surface area contributed by atoms with E-state index in [1.807, 2.05) is 0 Å². The lowest BCUT2D eigenvalue weighted by Crippen LogP contribution is -2.16. The molecule has 0 fully saturated rings. The molecule has 0 saturated heterocycles. The van der Waals surface area contributed by atoms with Gasteiger partial charge in [0, 0.05) is 6.54 Å². The maximum Gasteiger partial charge on any atom is 0.296 e. The fraction of sp³-hybridized carbons (Fsp3) is 0.538. The van der Waals surface area contributed by atoms with E-state index in [4.69, 9.17) is 4.74 Å². The van der Waals surface area contributed by atoms with Crippen molar-refractivity contribution >= 4 is 11.4 Å². The highest BCUT2D eigenvalue weighted by Gasteiger charge is 2.16. The van der Waals surface area contributed by atoms with Gasteiger partial charge in [-0.3, -0.25) is 10.1 Å². The second kappa shape index (κ2) is 6.23. The molecule has 1 unspecified atom stereocenters. The second-order valence-corrected chi connectivity index (χ2v) is 4.74. The molecule has 1 atom stereocenters. The number of nitrogens with one attached hydrogen (secondary N) is 1. The number of hydrogen-bond donors (Lipinski definition) is 1. The highest BCUT2D eigenvalue weighted by Crippen LogP contribution is 2.29. The van der Waals surface area contributed by atoms with Gasteiger partial charge >= 0.3 is 0 Å². The van der Waals surface area contributed by atoms with Crippen molar-refractivity contribution in [3.05, 3.63) is 28.3 Å². The molecule has 0 aliphatic carbocycles. The van der Waals surface area contributed by atoms with Crippen LogP contribution in [0.5, 0.6) is 5.75 Å². The van der Waals surface area contributed by atoms with Crippen molar-refractivity contribution in [2.45, 2.75) is 20.8 Å². The standard InChI is InChI=1S/C13H20N2O3/c1-9(2)10(3)8-14-12-6-5-11(18-4)7-13(12)15(16)17/h5-7,9-10,14H,8H2,1-4H3. The number of methoxy groups -OCH3 is 1. The van der Waals surface area contributed by atoms with Crippen molar-refractivity contribution in [1.29, 1.82) is 0 Å². The predicted molar refractivity (Wildman–Crippen MR) is 72.1 cm³/mol. The number of benzene rings is 1. The van der Waals surface area contributed by atoms with Crippen molar-refractivity contribution in [3.8, 4) is 5.75 Å². The lowest BCUT2D eigenvalue weighted by atomic mass is 9.98. The van der Waals surface area contributed by atoms with Crippen LogP contribution in [0, 0.1) is 22.0 Å². The smallest absolute Gasteiger partial charge is 0.296 e. The van der Waals surface area contributed by atoms with Gasteiger partial charge in [-0.15, -0.1) is 0 Å². The minimum Gasteiger partial charge on any atom is -0.496 e. The third kappa shape index (κ3) is 3.61. The van der Waals surface area contributed by atoms with Crippen LogP contribution in [0.1, 0.15) is 20.8 Å². The van der Waals surface area contributed by atoms with E-state index in [1.54, 1.807) is 12.1 Å². The van der Waals surface area contributed by atoms with E-state index in [0.29, 0.717) is 29.8 Å². The minimum atomic E-state index is -0.398. The first kappa shape index (κ1) is 14.3. The molecule has 0 aliphatic heterocycles. The lowest BCUT2D eigenvalue weighted by Gasteiger charge is -2.17. The molecule has 100 valence electrons. The Bertz CT molecular complexity index is 419. The Labute approximate surface area is 107 Å². The van der Waals surface area contributed by atoms with E-state index < -0.39 is 4.92 Å². The first-order valence-electron chi connectivity index (χ1n) is 6.02. The Morgan fingerprint density at radius 1 is 1.39 bits per heavy atom. The van der Waals surface area contributed by atoms with Crippen molar-refractivity contribution < 1.29 is 9.66 Å². The fourth-order valence-corrected chi connectivity index (χ4v) is 1.45. The number of rotatable bonds is 6. The van der Waals surface area contributed by atoms with Gasteiger partial charge in [-0.2, -0.15) is 0 Å². The number of nitro benzene ring substituents is 1. The van der Waals surface area contributed by atoms with E-state index in [0.717, 1.165) is 0 Å². The Hall–Kier alpha value is -1.78. The molecular weight excluding hydrogens is 232 g/mol. The first-order valence-corrected chi connectivity index (χ1v) is 6.02. The molecule has 0 spiro atoms. The summed E-state index contributed by atoms with van der Waals surface area (Å²) in [6.07, 6.45) is 0. The highest BCUT2D eigenvalue weighted by molar-refractivity contribution is 5.63. The van der Waals surface area contributed by atoms with Gasteiger partial charge in [-0.05, 0) is 24.0 Å². The largest absolute Gasteiger partial charge is 0.496 e. The van der Waals surface area contributed by atoms with Gasteiger partial charge in [0.15, 0.2) is 0 Å². The maximum absolute atomic E-state index is 11.0. The summed E-state index contributed by atoms with van der Waals surface area (Å²) in [7, 11) is 1.49. The summed E-state index contributed by atoms with van der Waals surface area (Å²) in [5.41, 5.74) is 0.582. The van der Waals surface area contributed by atoms with Crippen molar-refractivity contribution in [3.63, 3.8) is 0 Å². The zero-order valence-corrected chi connectivity index (χ0v) is 11.3. The van der Waals surface area contributed by atoms with Crippen LogP contribution in [0.3, 0.4) is 0 Å². The predicted octanol–water partition coefficient (Wildman–Crippen LogP) is 3.31. The summed E-state index contributed by atoms with van der Waals surface area (Å²) in [6.45, 7) is 7.10. The van der Waals surface area contributed by atoms with Gasteiger partial charge in [0.2, 0.25) is 0 Å². The monoisotopic (exact) mass is 252 g/mol. The number of nitro groups is 1. The van der Waals surface area contributed by atoms with Gasteiger partial charge < -0.3 is 10.1 Å². The molecule has 0 saturated carbocycles. The lowest BCUT2D eigenvalue weighted by molar-refractivity contribution is -0.384. The van der Waals surface area contributed by atoms with Crippen molar-refractivity contribution in [2.24, 2.45) is 11.8 Å². The number of nitrogens with zero attached hydrogens (tertiary/aromatic N) is 1. The van der Waals surface area contributed by atoms with E-state index in [1.165, 1.54) is 13.2 Å². The number of ether oxygens (including phenoxy) is 1. The minimum absolute atomic E-state index is 0.0466. The van der Waals surface area contributed by atoms with Gasteiger partial charge in [0.1, 0.15) is 11.4 Å². The fourth-order valence-electron chi connectivity index (χ4n) is 1.45. The third-order valence-corrected chi connectivity index (χ3v) is 3.15.